The summed E-state index contributed by atoms with van der Waals surface area (Å²) < 4.78 is 180. The highest BCUT2D eigenvalue weighted by atomic mass is 32.3. The smallest absolute Gasteiger partial charge is 0.425 e. The van der Waals surface area contributed by atoms with Crippen molar-refractivity contribution < 1.29 is 78.6 Å². The average Bonchev–Trinajstić information content (AvgIpc) is 2.80. The second-order valence-electron chi connectivity index (χ2n) is 7.41. The maximum atomic E-state index is 12.3. The first kappa shape index (κ1) is 37.4. The number of aromatic nitrogens is 1. The molecule has 0 saturated heterocycles. The zero-order chi connectivity index (χ0) is 31.3. The second-order valence-corrected chi connectivity index (χ2v) is 13.8. The Balaban J connectivity index is 0.000000748. The molecule has 1 atom stereocenters. The Morgan fingerprint density at radius 3 is 1.51 bits per heavy atom. The minimum atomic E-state index is -7.62. The molecule has 0 fully saturated rings. The molecule has 0 aromatic carbocycles. The van der Waals surface area contributed by atoms with E-state index in [9.17, 15) is 60.7 Å². The van der Waals surface area contributed by atoms with Crippen molar-refractivity contribution in [2.45, 2.75) is 55.2 Å². The summed E-state index contributed by atoms with van der Waals surface area (Å²) in [6.45, 7) is 4.41. The molecular formula is C17H24F10N2O7S2Si. The first-order valence-electron chi connectivity index (χ1n) is 10.1. The van der Waals surface area contributed by atoms with Crippen LogP contribution < -0.4 is 4.57 Å². The third-order valence-electron chi connectivity index (χ3n) is 4.89. The molecule has 0 saturated carbocycles. The average molecular weight is 651 g/mol. The van der Waals surface area contributed by atoms with Crippen molar-refractivity contribution in [3.63, 3.8) is 0 Å². The highest BCUT2D eigenvalue weighted by Crippen LogP contribution is 2.47. The van der Waals surface area contributed by atoms with Crippen LogP contribution in [0, 0.1) is 0 Å². The van der Waals surface area contributed by atoms with Gasteiger partial charge in [-0.1, -0.05) is 19.9 Å². The summed E-state index contributed by atoms with van der Waals surface area (Å²) in [6, 6.07) is 6.23. The number of halogens is 10. The summed E-state index contributed by atoms with van der Waals surface area (Å²) in [6.07, 6.45) is -10.2. The third kappa shape index (κ3) is 8.45. The summed E-state index contributed by atoms with van der Waals surface area (Å²) in [5, 5.41) is -14.0. The van der Waals surface area contributed by atoms with E-state index in [0.29, 0.717) is 16.2 Å². The molecule has 230 valence electrons. The molecule has 22 heteroatoms. The van der Waals surface area contributed by atoms with Gasteiger partial charge in [-0.15, -0.1) is 0 Å². The van der Waals surface area contributed by atoms with Crippen LogP contribution in [0.3, 0.4) is 0 Å². The first-order valence-corrected chi connectivity index (χ1v) is 14.9. The molecule has 1 aromatic heterocycles. The Bertz CT molecular complexity index is 1100. The fraction of sp³-hybridized carbons (Fsp3) is 0.706. The molecule has 1 rings (SSSR count). The van der Waals surface area contributed by atoms with Crippen LogP contribution in [0.5, 0.6) is 0 Å². The van der Waals surface area contributed by atoms with E-state index in [1.54, 1.807) is 21.3 Å². The molecule has 1 unspecified atom stereocenters. The summed E-state index contributed by atoms with van der Waals surface area (Å²) >= 11 is 0. The molecule has 0 aliphatic carbocycles. The van der Waals surface area contributed by atoms with Crippen molar-refractivity contribution in [3.05, 3.63) is 34.2 Å². The zero-order valence-corrected chi connectivity index (χ0v) is 23.3. The van der Waals surface area contributed by atoms with E-state index in [4.69, 9.17) is 13.3 Å². The molecule has 0 aliphatic heterocycles. The number of rotatable bonds is 11. The monoisotopic (exact) mass is 650 g/mol. The van der Waals surface area contributed by atoms with Crippen molar-refractivity contribution in [2.75, 3.05) is 21.3 Å². The fourth-order valence-corrected chi connectivity index (χ4v) is 6.42. The van der Waals surface area contributed by atoms with Gasteiger partial charge in [0, 0.05) is 39.4 Å². The topological polar surface area (TPSA) is 114 Å². The van der Waals surface area contributed by atoms with Gasteiger partial charge in [0.25, 0.3) is 0 Å². The van der Waals surface area contributed by atoms with Crippen LogP contribution in [-0.4, -0.2) is 69.8 Å². The Morgan fingerprint density at radius 1 is 0.821 bits per heavy atom. The van der Waals surface area contributed by atoms with Crippen molar-refractivity contribution >= 4 is 28.9 Å². The van der Waals surface area contributed by atoms with Crippen LogP contribution in [0.25, 0.3) is 4.13 Å². The Hall–Kier alpha value is -1.59. The van der Waals surface area contributed by atoms with Crippen LogP contribution in [-0.2, 0) is 39.5 Å². The SMILES string of the molecule is CCC(C)c1cccc[n+]1C[Si](OC)(OC)OC.O=S(=O)([N-]S(=O)(=O)C(F)(F)C(F)(F)F)C(F)(F)C(F)(F)F. The van der Waals surface area contributed by atoms with Crippen molar-refractivity contribution in [2.24, 2.45) is 0 Å². The minimum Gasteiger partial charge on any atom is -0.425 e. The molecular weight excluding hydrogens is 626 g/mol. The predicted octanol–water partition coefficient (Wildman–Crippen LogP) is 4.23. The summed E-state index contributed by atoms with van der Waals surface area (Å²) in [5.41, 5.74) is 1.28. The van der Waals surface area contributed by atoms with Crippen LogP contribution in [0.2, 0.25) is 0 Å². The van der Waals surface area contributed by atoms with Gasteiger partial charge in [-0.2, -0.15) is 48.5 Å². The van der Waals surface area contributed by atoms with E-state index in [-0.39, 0.29) is 0 Å². The number of hydrogen-bond acceptors (Lipinski definition) is 7. The van der Waals surface area contributed by atoms with Crippen molar-refractivity contribution in [1.29, 1.82) is 0 Å². The van der Waals surface area contributed by atoms with Gasteiger partial charge in [0.1, 0.15) is 0 Å². The highest BCUT2D eigenvalue weighted by Gasteiger charge is 2.68. The summed E-state index contributed by atoms with van der Waals surface area (Å²) in [4.78, 5) is 0. The second kappa shape index (κ2) is 12.9. The predicted molar refractivity (Wildman–Crippen MR) is 115 cm³/mol. The lowest BCUT2D eigenvalue weighted by molar-refractivity contribution is -0.693. The number of nitrogens with zero attached hydrogens (tertiary/aromatic N) is 2. The molecule has 0 bridgehead atoms. The van der Waals surface area contributed by atoms with Gasteiger partial charge < -0.3 is 17.4 Å². The lowest BCUT2D eigenvalue weighted by Gasteiger charge is -2.31. The van der Waals surface area contributed by atoms with E-state index < -0.39 is 51.7 Å². The van der Waals surface area contributed by atoms with Gasteiger partial charge in [-0.3, -0.25) is 0 Å². The van der Waals surface area contributed by atoms with Crippen LogP contribution >= 0.6 is 0 Å². The Morgan fingerprint density at radius 2 is 1.21 bits per heavy atom. The van der Waals surface area contributed by atoms with E-state index in [2.05, 4.69) is 36.7 Å². The molecule has 9 nitrogen and oxygen atoms in total. The number of sulfonamides is 2. The van der Waals surface area contributed by atoms with E-state index >= 15 is 0 Å². The molecule has 1 aromatic rings. The maximum Gasteiger partial charge on any atom is 0.569 e. The Labute approximate surface area is 218 Å². The summed E-state index contributed by atoms with van der Waals surface area (Å²) in [7, 11) is -12.9. The van der Waals surface area contributed by atoms with Crippen LogP contribution in [0.15, 0.2) is 24.4 Å². The van der Waals surface area contributed by atoms with Crippen molar-refractivity contribution in [1.82, 2.24) is 0 Å². The Kier molecular flexibility index (Phi) is 12.4. The lowest BCUT2D eigenvalue weighted by atomic mass is 10.0. The molecule has 1 heterocycles. The quantitative estimate of drug-likeness (QED) is 0.200. The van der Waals surface area contributed by atoms with Gasteiger partial charge in [-0.05, 0) is 6.42 Å². The highest BCUT2D eigenvalue weighted by molar-refractivity contribution is 8.13. The number of alkyl halides is 10. The van der Waals surface area contributed by atoms with Gasteiger partial charge >= 0.3 is 31.7 Å². The molecule has 39 heavy (non-hydrogen) atoms. The molecule has 0 spiro atoms. The lowest BCUT2D eigenvalue weighted by Crippen LogP contribution is -2.57. The van der Waals surface area contributed by atoms with Gasteiger partial charge in [-0.25, -0.2) is 16.8 Å². The first-order chi connectivity index (χ1) is 17.3. The van der Waals surface area contributed by atoms with E-state index in [0.717, 1.165) is 6.42 Å². The van der Waals surface area contributed by atoms with Crippen LogP contribution in [0.1, 0.15) is 31.9 Å². The number of hydrogen-bond donors (Lipinski definition) is 0. The molecule has 0 amide bonds. The number of pyridine rings is 1. The van der Waals surface area contributed by atoms with Gasteiger partial charge in [0.2, 0.25) is 6.17 Å². The normalized spacial score (nSPS) is 14.9. The third-order valence-corrected chi connectivity index (χ3v) is 10.8. The fourth-order valence-electron chi connectivity index (χ4n) is 2.46. The zero-order valence-electron chi connectivity index (χ0n) is 20.6. The molecule has 0 radical (unpaired) electrons. The summed E-state index contributed by atoms with van der Waals surface area (Å²) in [5.74, 6) is 0.503. The van der Waals surface area contributed by atoms with E-state index in [1.807, 2.05) is 6.07 Å². The van der Waals surface area contributed by atoms with Crippen LogP contribution in [0.4, 0.5) is 43.9 Å². The molecule has 0 aliphatic rings. The largest absolute Gasteiger partial charge is 0.569 e. The standard InChI is InChI=1S/C13H24NO3Si.C4F10NO4S2/c1-6-12(2)13-9-7-8-10-14(13)11-18(15-3,16-4)17-5;5-1(6,7)3(11,12)20(16,17)15-21(18,19)4(13,14)2(8,9)10/h7-10,12H,6,11H2,1-5H3;/q+1;-1. The maximum absolute atomic E-state index is 12.3. The van der Waals surface area contributed by atoms with E-state index in [1.165, 1.54) is 5.69 Å². The van der Waals surface area contributed by atoms with Gasteiger partial charge in [0.15, 0.2) is 31.9 Å². The molecule has 0 N–H and O–H groups in total. The minimum absolute atomic E-state index is 0.422. The van der Waals surface area contributed by atoms with Gasteiger partial charge in [0.05, 0.1) is 0 Å². The van der Waals surface area contributed by atoms with Crippen molar-refractivity contribution in [3.8, 4) is 0 Å².